The van der Waals surface area contributed by atoms with Crippen molar-refractivity contribution in [2.24, 2.45) is 5.92 Å². The quantitative estimate of drug-likeness (QED) is 0.776. The summed E-state index contributed by atoms with van der Waals surface area (Å²) in [6.07, 6.45) is 0.955. The van der Waals surface area contributed by atoms with Gasteiger partial charge in [-0.25, -0.2) is 9.50 Å². The average molecular weight is 358 g/mol. The number of amides is 2. The smallest absolute Gasteiger partial charge is 0.252 e. The molecule has 0 spiro atoms. The second-order valence-corrected chi connectivity index (χ2v) is 7.06. The lowest BCUT2D eigenvalue weighted by Gasteiger charge is -2.47. The molecule has 9 nitrogen and oxygen atoms in total. The van der Waals surface area contributed by atoms with Gasteiger partial charge in [0.1, 0.15) is 0 Å². The second-order valence-electron chi connectivity index (χ2n) is 7.06. The highest BCUT2D eigenvalue weighted by Gasteiger charge is 2.54. The number of ether oxygens (including phenoxy) is 1. The summed E-state index contributed by atoms with van der Waals surface area (Å²) in [4.78, 5) is 32.6. The van der Waals surface area contributed by atoms with Crippen LogP contribution in [0.3, 0.4) is 0 Å². The normalized spacial score (nSPS) is 27.0. The van der Waals surface area contributed by atoms with Crippen LogP contribution in [0, 0.1) is 19.8 Å². The van der Waals surface area contributed by atoms with E-state index in [2.05, 4.69) is 25.7 Å². The first kappa shape index (κ1) is 16.9. The molecule has 0 aromatic carbocycles. The lowest BCUT2D eigenvalue weighted by atomic mass is 9.71. The number of rotatable bonds is 4. The number of carbonyl (C=O) groups excluding carboxylic acids is 2. The lowest BCUT2D eigenvalue weighted by molar-refractivity contribution is -0.129. The number of fused-ring (bicyclic) bond motifs is 2. The summed E-state index contributed by atoms with van der Waals surface area (Å²) >= 11 is 0. The number of hydrogen-bond acceptors (Lipinski definition) is 6. The predicted octanol–water partition coefficient (Wildman–Crippen LogP) is -0.308. The molecule has 0 bridgehead atoms. The minimum atomic E-state index is -0.176. The zero-order valence-electron chi connectivity index (χ0n) is 15.0. The molecular formula is C17H22N6O3. The molecule has 1 saturated carbocycles. The molecule has 2 N–H and O–H groups in total. The van der Waals surface area contributed by atoms with Crippen molar-refractivity contribution in [1.82, 2.24) is 30.2 Å². The van der Waals surface area contributed by atoms with Gasteiger partial charge in [0.2, 0.25) is 11.8 Å². The fourth-order valence-corrected chi connectivity index (χ4v) is 3.97. The van der Waals surface area contributed by atoms with Crippen molar-refractivity contribution in [3.8, 4) is 0 Å². The molecule has 2 aliphatic rings. The van der Waals surface area contributed by atoms with E-state index < -0.39 is 0 Å². The summed E-state index contributed by atoms with van der Waals surface area (Å²) in [5.41, 5.74) is 1.78. The number of aromatic nitrogens is 4. The standard InChI is InChI=1S/C17H22N6O3/c1-8-6-9(2)23-17(18-8)20-12(22-23)7-13(25)21-14-11-4-5-26-16(11)15(14)19-10(3)24/h6,11,14-16H,4-5,7H2,1-3H3,(H,19,24)(H,21,25)/t11-,14+,15-,16-/m1/s1. The molecule has 0 unspecified atom stereocenters. The van der Waals surface area contributed by atoms with Crippen LogP contribution in [0.4, 0.5) is 0 Å². The van der Waals surface area contributed by atoms with E-state index in [1.165, 1.54) is 6.92 Å². The highest BCUT2D eigenvalue weighted by atomic mass is 16.5. The molecular weight excluding hydrogens is 336 g/mol. The number of nitrogens with one attached hydrogen (secondary N) is 2. The largest absolute Gasteiger partial charge is 0.376 e. The Hall–Kier alpha value is -2.55. The van der Waals surface area contributed by atoms with Crippen LogP contribution in [0.5, 0.6) is 0 Å². The van der Waals surface area contributed by atoms with E-state index in [0.717, 1.165) is 17.8 Å². The Balaban J connectivity index is 1.45. The maximum absolute atomic E-state index is 12.5. The van der Waals surface area contributed by atoms with Crippen LogP contribution in [0.1, 0.15) is 30.6 Å². The molecule has 2 aromatic heterocycles. The average Bonchev–Trinajstić information content (AvgIpc) is 3.14. The van der Waals surface area contributed by atoms with E-state index in [1.54, 1.807) is 4.52 Å². The van der Waals surface area contributed by atoms with E-state index in [-0.39, 0.29) is 42.3 Å². The summed E-state index contributed by atoms with van der Waals surface area (Å²) in [5.74, 6) is 0.882. The Bertz CT molecular complexity index is 879. The summed E-state index contributed by atoms with van der Waals surface area (Å²) in [6.45, 7) is 5.95. The molecule has 2 amide bonds. The zero-order valence-corrected chi connectivity index (χ0v) is 15.0. The van der Waals surface area contributed by atoms with Crippen LogP contribution in [0.2, 0.25) is 0 Å². The van der Waals surface area contributed by atoms with Gasteiger partial charge in [0.25, 0.3) is 5.78 Å². The maximum Gasteiger partial charge on any atom is 0.252 e. The molecule has 138 valence electrons. The van der Waals surface area contributed by atoms with Gasteiger partial charge >= 0.3 is 0 Å². The number of nitrogens with zero attached hydrogens (tertiary/aromatic N) is 4. The van der Waals surface area contributed by atoms with E-state index in [4.69, 9.17) is 4.74 Å². The third kappa shape index (κ3) is 2.92. The van der Waals surface area contributed by atoms with Crippen LogP contribution in [-0.4, -0.2) is 56.2 Å². The van der Waals surface area contributed by atoms with Gasteiger partial charge in [-0.1, -0.05) is 0 Å². The molecule has 9 heteroatoms. The Morgan fingerprint density at radius 1 is 1.27 bits per heavy atom. The molecule has 4 atom stereocenters. The van der Waals surface area contributed by atoms with Gasteiger partial charge in [-0.3, -0.25) is 9.59 Å². The third-order valence-electron chi connectivity index (χ3n) is 5.06. The van der Waals surface area contributed by atoms with Crippen molar-refractivity contribution in [2.45, 2.75) is 51.8 Å². The zero-order chi connectivity index (χ0) is 18.4. The Morgan fingerprint density at radius 2 is 2.08 bits per heavy atom. The van der Waals surface area contributed by atoms with Crippen molar-refractivity contribution in [3.05, 3.63) is 23.3 Å². The first-order valence-electron chi connectivity index (χ1n) is 8.80. The first-order chi connectivity index (χ1) is 12.4. The van der Waals surface area contributed by atoms with Crippen molar-refractivity contribution >= 4 is 17.6 Å². The second kappa shape index (κ2) is 6.31. The fourth-order valence-electron chi connectivity index (χ4n) is 3.97. The molecule has 1 aliphatic carbocycles. The van der Waals surface area contributed by atoms with E-state index in [0.29, 0.717) is 18.2 Å². The van der Waals surface area contributed by atoms with Crippen molar-refractivity contribution in [3.63, 3.8) is 0 Å². The van der Waals surface area contributed by atoms with Gasteiger partial charge in [-0.15, -0.1) is 5.10 Å². The van der Waals surface area contributed by atoms with Gasteiger partial charge in [0.05, 0.1) is 24.6 Å². The summed E-state index contributed by atoms with van der Waals surface area (Å²) in [7, 11) is 0. The summed E-state index contributed by atoms with van der Waals surface area (Å²) in [5, 5.41) is 10.3. The minimum Gasteiger partial charge on any atom is -0.376 e. The topological polar surface area (TPSA) is 111 Å². The maximum atomic E-state index is 12.5. The predicted molar refractivity (Wildman–Crippen MR) is 91.3 cm³/mol. The van der Waals surface area contributed by atoms with Crippen molar-refractivity contribution in [2.75, 3.05) is 6.61 Å². The number of hydrogen-bond donors (Lipinski definition) is 2. The fraction of sp³-hybridized carbons (Fsp3) is 0.588. The van der Waals surface area contributed by atoms with Crippen LogP contribution in [0.25, 0.3) is 5.78 Å². The van der Waals surface area contributed by atoms with E-state index in [1.807, 2.05) is 19.9 Å². The minimum absolute atomic E-state index is 0.00709. The summed E-state index contributed by atoms with van der Waals surface area (Å²) in [6, 6.07) is 1.63. The SMILES string of the molecule is CC(=O)N[C@@H]1[C@@H](NC(=O)Cc2nc3nc(C)cc(C)n3n2)[C@H]2CCO[C@H]21. The molecule has 1 aliphatic heterocycles. The van der Waals surface area contributed by atoms with Crippen LogP contribution in [-0.2, 0) is 20.7 Å². The Morgan fingerprint density at radius 3 is 2.85 bits per heavy atom. The van der Waals surface area contributed by atoms with Gasteiger partial charge in [-0.2, -0.15) is 4.98 Å². The number of aryl methyl sites for hydroxylation is 2. The van der Waals surface area contributed by atoms with E-state index >= 15 is 0 Å². The highest BCUT2D eigenvalue weighted by molar-refractivity contribution is 5.79. The van der Waals surface area contributed by atoms with Crippen molar-refractivity contribution in [1.29, 1.82) is 0 Å². The number of carbonyl (C=O) groups is 2. The molecule has 4 rings (SSSR count). The molecule has 0 radical (unpaired) electrons. The van der Waals surface area contributed by atoms with Crippen LogP contribution >= 0.6 is 0 Å². The van der Waals surface area contributed by atoms with Crippen molar-refractivity contribution < 1.29 is 14.3 Å². The monoisotopic (exact) mass is 358 g/mol. The van der Waals surface area contributed by atoms with Gasteiger partial charge in [0, 0.05) is 30.8 Å². The Labute approximate surface area is 150 Å². The molecule has 3 heterocycles. The molecule has 26 heavy (non-hydrogen) atoms. The molecule has 2 aromatic rings. The van der Waals surface area contributed by atoms with Gasteiger partial charge < -0.3 is 15.4 Å². The highest BCUT2D eigenvalue weighted by Crippen LogP contribution is 2.39. The first-order valence-corrected chi connectivity index (χ1v) is 8.80. The third-order valence-corrected chi connectivity index (χ3v) is 5.06. The molecule has 2 fully saturated rings. The lowest BCUT2D eigenvalue weighted by Crippen LogP contribution is -2.70. The molecule has 1 saturated heterocycles. The Kier molecular flexibility index (Phi) is 4.10. The van der Waals surface area contributed by atoms with Gasteiger partial charge in [-0.05, 0) is 26.3 Å². The van der Waals surface area contributed by atoms with Crippen LogP contribution in [0.15, 0.2) is 6.07 Å². The van der Waals surface area contributed by atoms with E-state index in [9.17, 15) is 9.59 Å². The summed E-state index contributed by atoms with van der Waals surface area (Å²) < 4.78 is 7.30. The van der Waals surface area contributed by atoms with Crippen LogP contribution < -0.4 is 10.6 Å². The van der Waals surface area contributed by atoms with Gasteiger partial charge in [0.15, 0.2) is 5.82 Å².